The van der Waals surface area contributed by atoms with Crippen molar-refractivity contribution >= 4 is 11.8 Å². The van der Waals surface area contributed by atoms with Crippen molar-refractivity contribution in [1.29, 1.82) is 0 Å². The second kappa shape index (κ2) is 10.9. The second-order valence-electron chi connectivity index (χ2n) is 9.66. The van der Waals surface area contributed by atoms with Crippen molar-refractivity contribution in [3.63, 3.8) is 0 Å². The summed E-state index contributed by atoms with van der Waals surface area (Å²) < 4.78 is 43.0. The van der Waals surface area contributed by atoms with E-state index in [1.807, 2.05) is 24.9 Å². The van der Waals surface area contributed by atoms with Crippen LogP contribution in [0.2, 0.25) is 0 Å². The number of halogens is 3. The van der Waals surface area contributed by atoms with Gasteiger partial charge in [0.05, 0.1) is 28.6 Å². The maximum Gasteiger partial charge on any atom is 0.417 e. The molecule has 0 aliphatic heterocycles. The van der Waals surface area contributed by atoms with E-state index >= 15 is 0 Å². The highest BCUT2D eigenvalue weighted by Crippen LogP contribution is 2.40. The fourth-order valence-corrected chi connectivity index (χ4v) is 5.08. The van der Waals surface area contributed by atoms with Crippen molar-refractivity contribution in [2.24, 2.45) is 13.0 Å². The monoisotopic (exact) mass is 533 g/mol. The zero-order chi connectivity index (χ0) is 27.6. The zero-order valence-electron chi connectivity index (χ0n) is 21.1. The quantitative estimate of drug-likeness (QED) is 0.291. The summed E-state index contributed by atoms with van der Waals surface area (Å²) in [6.45, 7) is 2.72. The fraction of sp³-hybridized carbons (Fsp3) is 0.500. The van der Waals surface area contributed by atoms with Crippen LogP contribution in [-0.2, 0) is 26.2 Å². The van der Waals surface area contributed by atoms with Crippen molar-refractivity contribution < 1.29 is 18.1 Å². The summed E-state index contributed by atoms with van der Waals surface area (Å²) in [6, 6.07) is -0.944. The first kappa shape index (κ1) is 27.2. The molecular weight excluding hydrogens is 503 g/mol. The van der Waals surface area contributed by atoms with Crippen LogP contribution in [0.15, 0.2) is 24.7 Å². The van der Waals surface area contributed by atoms with Gasteiger partial charge in [0.2, 0.25) is 5.95 Å². The third kappa shape index (κ3) is 5.85. The molecule has 1 saturated carbocycles. The molecule has 0 spiro atoms. The molecule has 11 nitrogen and oxygen atoms in total. The van der Waals surface area contributed by atoms with Crippen LogP contribution >= 0.6 is 0 Å². The molecule has 1 fully saturated rings. The minimum Gasteiger partial charge on any atom is -0.383 e. The van der Waals surface area contributed by atoms with Crippen LogP contribution in [0.3, 0.4) is 0 Å². The molecule has 3 aromatic rings. The van der Waals surface area contributed by atoms with Crippen LogP contribution in [-0.4, -0.2) is 35.7 Å². The number of nitrogens with two attached hydrogens (primary N) is 2. The third-order valence-corrected chi connectivity index (χ3v) is 7.25. The predicted octanol–water partition coefficient (Wildman–Crippen LogP) is 3.35. The molecule has 0 saturated heterocycles. The molecule has 0 aromatic carbocycles. The molecule has 14 heteroatoms. The van der Waals surface area contributed by atoms with Crippen LogP contribution in [0, 0.1) is 23.0 Å². The van der Waals surface area contributed by atoms with Gasteiger partial charge in [-0.15, -0.1) is 0 Å². The van der Waals surface area contributed by atoms with E-state index in [-0.39, 0.29) is 35.4 Å². The average Bonchev–Trinajstić information content (AvgIpc) is 3.17. The molecule has 1 unspecified atom stereocenters. The van der Waals surface area contributed by atoms with Crippen molar-refractivity contribution in [1.82, 2.24) is 30.0 Å². The van der Waals surface area contributed by atoms with Crippen LogP contribution in [0.4, 0.5) is 24.9 Å². The number of pyridine rings is 1. The van der Waals surface area contributed by atoms with Gasteiger partial charge in [-0.25, -0.2) is 4.98 Å². The Morgan fingerprint density at radius 2 is 1.92 bits per heavy atom. The molecule has 38 heavy (non-hydrogen) atoms. The lowest BCUT2D eigenvalue weighted by molar-refractivity contribution is -0.517. The number of aromatic nitrogens is 5. The largest absolute Gasteiger partial charge is 0.417 e. The lowest BCUT2D eigenvalue weighted by Gasteiger charge is -2.29. The maximum atomic E-state index is 13.7. The number of anilines is 2. The van der Waals surface area contributed by atoms with E-state index in [2.05, 4.69) is 25.4 Å². The van der Waals surface area contributed by atoms with Crippen molar-refractivity contribution in [2.75, 3.05) is 11.5 Å². The van der Waals surface area contributed by atoms with E-state index in [1.54, 1.807) is 0 Å². The average molecular weight is 534 g/mol. The van der Waals surface area contributed by atoms with E-state index in [4.69, 9.17) is 11.5 Å². The molecule has 4 rings (SSSR count). The summed E-state index contributed by atoms with van der Waals surface area (Å²) in [5, 5.41) is 20.0. The van der Waals surface area contributed by atoms with E-state index in [1.165, 1.54) is 0 Å². The van der Waals surface area contributed by atoms with Gasteiger partial charge in [-0.1, -0.05) is 0 Å². The van der Waals surface area contributed by atoms with Crippen molar-refractivity contribution in [3.8, 4) is 0 Å². The molecule has 1 atom stereocenters. The number of hydrogen-bond acceptors (Lipinski definition) is 9. The smallest absolute Gasteiger partial charge is 0.383 e. The zero-order valence-corrected chi connectivity index (χ0v) is 21.1. The van der Waals surface area contributed by atoms with Crippen LogP contribution in [0.1, 0.15) is 65.4 Å². The molecular formula is C24H30F3N9O2. The van der Waals surface area contributed by atoms with Crippen molar-refractivity contribution in [3.05, 3.63) is 68.4 Å². The number of nitrogens with one attached hydrogen (secondary N) is 1. The van der Waals surface area contributed by atoms with E-state index < -0.39 is 28.3 Å². The van der Waals surface area contributed by atoms with E-state index in [0.717, 1.165) is 49.3 Å². The summed E-state index contributed by atoms with van der Waals surface area (Å²) >= 11 is 0. The molecule has 0 bridgehead atoms. The predicted molar refractivity (Wildman–Crippen MR) is 133 cm³/mol. The second-order valence-corrected chi connectivity index (χ2v) is 9.66. The highest BCUT2D eigenvalue weighted by atomic mass is 19.4. The molecule has 3 heterocycles. The Kier molecular flexibility index (Phi) is 7.81. The van der Waals surface area contributed by atoms with Crippen LogP contribution < -0.4 is 16.8 Å². The Morgan fingerprint density at radius 3 is 2.53 bits per heavy atom. The first-order chi connectivity index (χ1) is 18.0. The third-order valence-electron chi connectivity index (χ3n) is 7.25. The van der Waals surface area contributed by atoms with E-state index in [0.29, 0.717) is 18.7 Å². The molecule has 5 N–H and O–H groups in total. The van der Waals surface area contributed by atoms with Gasteiger partial charge in [-0.05, 0) is 51.0 Å². The van der Waals surface area contributed by atoms with Gasteiger partial charge >= 0.3 is 6.18 Å². The van der Waals surface area contributed by atoms with Crippen LogP contribution in [0.5, 0.6) is 0 Å². The van der Waals surface area contributed by atoms with Gasteiger partial charge in [0.25, 0.3) is 6.04 Å². The van der Waals surface area contributed by atoms with Crippen molar-refractivity contribution in [2.45, 2.75) is 63.8 Å². The number of nitrogens with zero attached hydrogens (tertiary/aromatic N) is 6. The Balaban J connectivity index is 1.54. The summed E-state index contributed by atoms with van der Waals surface area (Å²) in [7, 11) is 1.90. The van der Waals surface area contributed by atoms with Gasteiger partial charge in [0.1, 0.15) is 5.82 Å². The number of rotatable bonds is 8. The molecule has 1 aliphatic rings. The first-order valence-electron chi connectivity index (χ1n) is 12.2. The highest BCUT2D eigenvalue weighted by molar-refractivity contribution is 5.51. The summed E-state index contributed by atoms with van der Waals surface area (Å²) in [4.78, 5) is 23.1. The van der Waals surface area contributed by atoms with Gasteiger partial charge in [-0.2, -0.15) is 23.3 Å². The first-order valence-corrected chi connectivity index (χ1v) is 12.2. The van der Waals surface area contributed by atoms with Gasteiger partial charge in [0, 0.05) is 48.2 Å². The molecule has 0 amide bonds. The fourth-order valence-electron chi connectivity index (χ4n) is 5.08. The number of aryl methyl sites for hydroxylation is 1. The summed E-state index contributed by atoms with van der Waals surface area (Å²) in [5.41, 5.74) is 12.3. The van der Waals surface area contributed by atoms with Gasteiger partial charge < -0.3 is 16.8 Å². The van der Waals surface area contributed by atoms with Gasteiger partial charge in [-0.3, -0.25) is 19.8 Å². The normalized spacial score (nSPS) is 18.9. The number of alkyl halides is 3. The maximum absolute atomic E-state index is 13.7. The standard InChI is InChI=1S/C24H30F3N9O2/c1-13-15(11-32-35(13)2)10-31-16-5-3-14(4-6-16)9-19-20(22(28)34-23(29)33-19)21(36(37)38)17-12-30-8-7-18(17)24(25,26)27/h7-8,11-12,14,16,21,31H,3-6,9-10H2,1-2H3,(H4,28,29,33,34). The Labute approximate surface area is 217 Å². The SMILES string of the molecule is Cc1c(CNC2CCC(Cc3nc(N)nc(N)c3C(c3cnccc3C(F)(F)F)[N+](=O)[O-])CC2)cnn1C. The molecule has 1 aliphatic carbocycles. The Hall–Kier alpha value is -3.81. The Morgan fingerprint density at radius 1 is 1.21 bits per heavy atom. The molecule has 3 aromatic heterocycles. The minimum absolute atomic E-state index is 0.101. The number of nitro groups is 1. The highest BCUT2D eigenvalue weighted by Gasteiger charge is 2.42. The number of nitrogen functional groups attached to an aromatic ring is 2. The topological polar surface area (TPSA) is 164 Å². The number of hydrogen-bond donors (Lipinski definition) is 3. The molecule has 0 radical (unpaired) electrons. The lowest BCUT2D eigenvalue weighted by atomic mass is 9.82. The molecule has 204 valence electrons. The lowest BCUT2D eigenvalue weighted by Crippen LogP contribution is -2.33. The summed E-state index contributed by atoms with van der Waals surface area (Å²) in [5.74, 6) is -0.398. The van der Waals surface area contributed by atoms with Gasteiger partial charge in [0.15, 0.2) is 0 Å². The van der Waals surface area contributed by atoms with E-state index in [9.17, 15) is 23.3 Å². The Bertz CT molecular complexity index is 1300. The summed E-state index contributed by atoms with van der Waals surface area (Å²) in [6.07, 6.45) is 2.43. The minimum atomic E-state index is -4.82. The van der Waals surface area contributed by atoms with Crippen LogP contribution in [0.25, 0.3) is 0 Å².